The number of amides is 1. The number of carbonyl (C=O) groups excluding carboxylic acids is 1. The number of benzene rings is 3. The average molecular weight is 527 g/mol. The van der Waals surface area contributed by atoms with Crippen molar-refractivity contribution in [2.45, 2.75) is 33.7 Å². The maximum atomic E-state index is 13.8. The zero-order valence-electron chi connectivity index (χ0n) is 20.9. The highest BCUT2D eigenvalue weighted by Gasteiger charge is 2.21. The van der Waals surface area contributed by atoms with Gasteiger partial charge in [0.25, 0.3) is 5.56 Å². The fourth-order valence-corrected chi connectivity index (χ4v) is 4.89. The number of azide groups is 1. The van der Waals surface area contributed by atoms with E-state index in [1.165, 1.54) is 10.1 Å². The molecule has 10 heteroatoms. The molecular weight excluding hydrogens is 504 g/mol. The molecule has 0 bridgehead atoms. The molecule has 2 aromatic heterocycles. The second kappa shape index (κ2) is 10.0. The Labute approximate surface area is 222 Å². The van der Waals surface area contributed by atoms with Crippen molar-refractivity contribution >= 4 is 45.0 Å². The van der Waals surface area contributed by atoms with Crippen LogP contribution in [0.5, 0.6) is 0 Å². The van der Waals surface area contributed by atoms with Crippen LogP contribution in [0, 0.1) is 20.8 Å². The van der Waals surface area contributed by atoms with E-state index in [0.29, 0.717) is 27.1 Å². The predicted octanol–water partition coefficient (Wildman–Crippen LogP) is 6.70. The summed E-state index contributed by atoms with van der Waals surface area (Å²) in [7, 11) is 0. The number of pyridine rings is 1. The third-order valence-electron chi connectivity index (χ3n) is 6.67. The van der Waals surface area contributed by atoms with Crippen molar-refractivity contribution in [2.24, 2.45) is 5.11 Å². The van der Waals surface area contributed by atoms with Gasteiger partial charge < -0.3 is 9.84 Å². The van der Waals surface area contributed by atoms with E-state index in [1.54, 1.807) is 36.4 Å². The normalized spacial score (nSPS) is 11.1. The first kappa shape index (κ1) is 25.1. The van der Waals surface area contributed by atoms with Gasteiger partial charge in [-0.3, -0.25) is 14.2 Å². The zero-order valence-corrected chi connectivity index (χ0v) is 21.7. The summed E-state index contributed by atoms with van der Waals surface area (Å²) in [6.45, 7) is 5.91. The lowest BCUT2D eigenvalue weighted by Crippen LogP contribution is -2.20. The lowest BCUT2D eigenvalue weighted by Gasteiger charge is -2.14. The van der Waals surface area contributed by atoms with Crippen LogP contribution in [0.4, 0.5) is 5.69 Å². The summed E-state index contributed by atoms with van der Waals surface area (Å²) in [4.78, 5) is 29.4. The summed E-state index contributed by atoms with van der Waals surface area (Å²) >= 11 is 6.54. The van der Waals surface area contributed by atoms with Gasteiger partial charge in [0.05, 0.1) is 23.5 Å². The second-order valence-electron chi connectivity index (χ2n) is 9.12. The van der Waals surface area contributed by atoms with E-state index < -0.39 is 5.56 Å². The van der Waals surface area contributed by atoms with Crippen LogP contribution in [0.15, 0.2) is 69.0 Å². The molecule has 0 saturated heterocycles. The van der Waals surface area contributed by atoms with E-state index >= 15 is 0 Å². The minimum atomic E-state index is -0.397. The Balaban J connectivity index is 1.58. The van der Waals surface area contributed by atoms with Crippen molar-refractivity contribution in [1.82, 2.24) is 9.72 Å². The summed E-state index contributed by atoms with van der Waals surface area (Å²) in [6, 6.07) is 16.3. The van der Waals surface area contributed by atoms with E-state index in [0.717, 1.165) is 22.4 Å². The number of hydrogen-bond acceptors (Lipinski definition) is 5. The molecule has 0 aliphatic rings. The largest absolute Gasteiger partial charge is 0.360 e. The Morgan fingerprint density at radius 2 is 1.84 bits per heavy atom. The van der Waals surface area contributed by atoms with Gasteiger partial charge in [-0.15, -0.1) is 0 Å². The van der Waals surface area contributed by atoms with E-state index in [-0.39, 0.29) is 30.0 Å². The number of halogens is 1. The Hall–Kier alpha value is -4.59. The molecule has 1 amide bonds. The number of fused-ring (bicyclic) bond motifs is 3. The topological polar surface area (TPSA) is 126 Å². The number of hydrogen-bond donors (Lipinski definition) is 1. The Morgan fingerprint density at radius 1 is 1.11 bits per heavy atom. The van der Waals surface area contributed by atoms with E-state index in [2.05, 4.69) is 27.4 Å². The summed E-state index contributed by atoms with van der Waals surface area (Å²) in [5.41, 5.74) is 14.6. The number of aryl methyl sites for hydroxylation is 2. The summed E-state index contributed by atoms with van der Waals surface area (Å²) < 4.78 is 6.88. The third kappa shape index (κ3) is 4.49. The maximum Gasteiger partial charge on any atom is 0.268 e. The predicted molar refractivity (Wildman–Crippen MR) is 148 cm³/mol. The van der Waals surface area contributed by atoms with Gasteiger partial charge in [0.2, 0.25) is 5.91 Å². The minimum absolute atomic E-state index is 0.116. The average Bonchev–Trinajstić information content (AvgIpc) is 3.30. The van der Waals surface area contributed by atoms with E-state index in [9.17, 15) is 9.59 Å². The van der Waals surface area contributed by atoms with Gasteiger partial charge in [-0.1, -0.05) is 40.1 Å². The molecule has 2 heterocycles. The minimum Gasteiger partial charge on any atom is -0.360 e. The molecule has 5 aromatic rings. The SMILES string of the molecule is Cc1cc(NC(=O)Cc2cccc(-n3c(=O)c4c(CN=[N+]=[N-])onc4c4c(Cl)cccc43)c2)cc(C)c1C. The lowest BCUT2D eigenvalue weighted by atomic mass is 10.0. The number of nitrogens with one attached hydrogen (secondary N) is 1. The quantitative estimate of drug-likeness (QED) is 0.150. The third-order valence-corrected chi connectivity index (χ3v) is 6.99. The summed E-state index contributed by atoms with van der Waals surface area (Å²) in [6.07, 6.45) is 0.116. The first-order chi connectivity index (χ1) is 18.3. The molecule has 0 fully saturated rings. The van der Waals surface area contributed by atoms with Crippen LogP contribution in [0.2, 0.25) is 5.02 Å². The van der Waals surface area contributed by atoms with Gasteiger partial charge in [0.1, 0.15) is 10.9 Å². The molecule has 0 saturated carbocycles. The molecule has 0 aliphatic carbocycles. The highest BCUT2D eigenvalue weighted by atomic mass is 35.5. The molecule has 9 nitrogen and oxygen atoms in total. The van der Waals surface area contributed by atoms with E-state index in [4.69, 9.17) is 21.7 Å². The van der Waals surface area contributed by atoms with Crippen molar-refractivity contribution in [3.8, 4) is 5.69 Å². The second-order valence-corrected chi connectivity index (χ2v) is 9.53. The van der Waals surface area contributed by atoms with Gasteiger partial charge in [0.15, 0.2) is 5.76 Å². The van der Waals surface area contributed by atoms with Crippen molar-refractivity contribution in [3.63, 3.8) is 0 Å². The van der Waals surface area contributed by atoms with Gasteiger partial charge in [-0.25, -0.2) is 0 Å². The van der Waals surface area contributed by atoms with E-state index in [1.807, 2.05) is 32.0 Å². The molecule has 1 N–H and O–H groups in total. The molecule has 0 radical (unpaired) electrons. The fraction of sp³-hybridized carbons (Fsp3) is 0.179. The molecule has 0 spiro atoms. The zero-order chi connectivity index (χ0) is 27.0. The van der Waals surface area contributed by atoms with Crippen LogP contribution in [0.3, 0.4) is 0 Å². The molecule has 190 valence electrons. The van der Waals surface area contributed by atoms with Crippen LogP contribution in [-0.4, -0.2) is 15.6 Å². The molecular formula is C28H23ClN6O3. The van der Waals surface area contributed by atoms with Crippen LogP contribution in [0.25, 0.3) is 37.9 Å². The number of carbonyl (C=O) groups is 1. The van der Waals surface area contributed by atoms with Crippen LogP contribution >= 0.6 is 11.6 Å². The Bertz CT molecular complexity index is 1830. The standard InChI is InChI=1S/C28H23ClN6O3/c1-15-10-19(11-16(2)17(15)3)32-24(36)13-18-6-4-7-20(12-18)35-22-9-5-8-21(29)25(22)27-26(28(35)37)23(38-33-27)14-31-34-30/h4-12H,13-14H2,1-3H3,(H,32,36). The van der Waals surface area contributed by atoms with Crippen molar-refractivity contribution in [2.75, 3.05) is 5.32 Å². The number of nitrogens with zero attached hydrogens (tertiary/aromatic N) is 5. The van der Waals surface area contributed by atoms with Gasteiger partial charge >= 0.3 is 0 Å². The highest BCUT2D eigenvalue weighted by molar-refractivity contribution is 6.37. The number of anilines is 1. The molecule has 0 atom stereocenters. The first-order valence-corrected chi connectivity index (χ1v) is 12.3. The highest BCUT2D eigenvalue weighted by Crippen LogP contribution is 2.32. The first-order valence-electron chi connectivity index (χ1n) is 11.9. The van der Waals surface area contributed by atoms with Crippen LogP contribution < -0.4 is 10.9 Å². The monoisotopic (exact) mass is 526 g/mol. The molecule has 3 aromatic carbocycles. The number of aromatic nitrogens is 2. The molecule has 0 aliphatic heterocycles. The molecule has 0 unspecified atom stereocenters. The summed E-state index contributed by atoms with van der Waals surface area (Å²) in [5, 5.41) is 11.7. The lowest BCUT2D eigenvalue weighted by molar-refractivity contribution is -0.115. The van der Waals surface area contributed by atoms with Crippen molar-refractivity contribution in [3.05, 3.63) is 108 Å². The molecule has 5 rings (SSSR count). The fourth-order valence-electron chi connectivity index (χ4n) is 4.63. The summed E-state index contributed by atoms with van der Waals surface area (Å²) in [5.74, 6) is -0.0197. The maximum absolute atomic E-state index is 13.8. The van der Waals surface area contributed by atoms with Gasteiger partial charge in [0, 0.05) is 21.7 Å². The van der Waals surface area contributed by atoms with Crippen molar-refractivity contribution in [1.29, 1.82) is 0 Å². The van der Waals surface area contributed by atoms with Crippen LogP contribution in [0.1, 0.15) is 28.0 Å². The van der Waals surface area contributed by atoms with Gasteiger partial charge in [-0.2, -0.15) is 0 Å². The van der Waals surface area contributed by atoms with Gasteiger partial charge in [-0.05, 0) is 85.0 Å². The Morgan fingerprint density at radius 3 is 2.58 bits per heavy atom. The van der Waals surface area contributed by atoms with Crippen LogP contribution in [-0.2, 0) is 17.8 Å². The number of rotatable bonds is 6. The molecule has 38 heavy (non-hydrogen) atoms. The smallest absolute Gasteiger partial charge is 0.268 e. The van der Waals surface area contributed by atoms with Crippen molar-refractivity contribution < 1.29 is 9.32 Å². The Kier molecular flexibility index (Phi) is 6.63.